The SMILES string of the molecule is NCCOCCOCCO.Nc1nc2c(ncn2[C@H]2C[C@H](O)[C@@H](COP(=O)(O)OP(=O)(O)OP(=O)(O)OP(=O)(O)O)O2)c(=O)[nH]1. The van der Waals surface area contributed by atoms with Crippen LogP contribution in [0.25, 0.3) is 11.2 Å². The number of aromatic nitrogens is 4. The Morgan fingerprint density at radius 2 is 1.58 bits per heavy atom. The molecule has 2 aromatic rings. The van der Waals surface area contributed by atoms with Gasteiger partial charge in [0.2, 0.25) is 5.95 Å². The highest BCUT2D eigenvalue weighted by atomic mass is 31.3. The number of fused-ring (bicyclic) bond motifs is 1. The van der Waals surface area contributed by atoms with Gasteiger partial charge in [0.15, 0.2) is 11.2 Å². The summed E-state index contributed by atoms with van der Waals surface area (Å²) in [6.07, 6.45) is -2.68. The predicted octanol–water partition coefficient (Wildman–Crippen LogP) is -2.22. The molecule has 12 N–H and O–H groups in total. The van der Waals surface area contributed by atoms with Crippen molar-refractivity contribution in [2.45, 2.75) is 24.9 Å². The van der Waals surface area contributed by atoms with Gasteiger partial charge in [-0.1, -0.05) is 0 Å². The van der Waals surface area contributed by atoms with Crippen LogP contribution in [0.2, 0.25) is 0 Å². The molecule has 0 amide bonds. The number of aromatic amines is 1. The monoisotopic (exact) mass is 736 g/mol. The van der Waals surface area contributed by atoms with Crippen LogP contribution < -0.4 is 17.0 Å². The molecule has 3 unspecified atom stereocenters. The van der Waals surface area contributed by atoms with Gasteiger partial charge in [0.25, 0.3) is 5.56 Å². The van der Waals surface area contributed by atoms with Gasteiger partial charge in [0.05, 0.1) is 52.1 Å². The maximum absolute atomic E-state index is 11.9. The molecule has 25 nitrogen and oxygen atoms in total. The van der Waals surface area contributed by atoms with E-state index in [1.807, 2.05) is 0 Å². The van der Waals surface area contributed by atoms with Gasteiger partial charge in [-0.2, -0.15) is 17.9 Å². The molecule has 0 bridgehead atoms. The largest absolute Gasteiger partial charge is 0.490 e. The van der Waals surface area contributed by atoms with E-state index in [9.17, 15) is 37.9 Å². The van der Waals surface area contributed by atoms with Gasteiger partial charge in [-0.3, -0.25) is 18.9 Å². The molecule has 2 aromatic heterocycles. The molecule has 0 aliphatic carbocycles. The van der Waals surface area contributed by atoms with E-state index in [1.54, 1.807) is 0 Å². The van der Waals surface area contributed by atoms with E-state index in [0.717, 1.165) is 0 Å². The number of anilines is 1. The molecule has 1 saturated heterocycles. The molecule has 6 atom stereocenters. The van der Waals surface area contributed by atoms with Crippen LogP contribution in [0.5, 0.6) is 0 Å². The van der Waals surface area contributed by atoms with Crippen molar-refractivity contribution in [2.24, 2.45) is 5.73 Å². The minimum Gasteiger partial charge on any atom is -0.394 e. The number of hydrogen-bond donors (Lipinski definition) is 10. The van der Waals surface area contributed by atoms with E-state index in [-0.39, 0.29) is 30.1 Å². The molecule has 1 aliphatic heterocycles. The third-order valence-corrected chi connectivity index (χ3v) is 10.3. The van der Waals surface area contributed by atoms with Gasteiger partial charge < -0.3 is 60.4 Å². The Labute approximate surface area is 252 Å². The van der Waals surface area contributed by atoms with Crippen molar-refractivity contribution in [1.82, 2.24) is 19.5 Å². The number of hydrogen-bond acceptors (Lipinski definition) is 18. The van der Waals surface area contributed by atoms with Crippen LogP contribution in [-0.2, 0) is 49.9 Å². The highest BCUT2D eigenvalue weighted by Gasteiger charge is 2.46. The van der Waals surface area contributed by atoms with E-state index in [0.29, 0.717) is 33.0 Å². The summed E-state index contributed by atoms with van der Waals surface area (Å²) in [5.41, 5.74) is 9.93. The number of imidazole rings is 1. The third-order valence-electron chi connectivity index (χ3n) is 4.86. The lowest BCUT2D eigenvalue weighted by Gasteiger charge is -2.20. The van der Waals surface area contributed by atoms with Crippen LogP contribution in [0.15, 0.2) is 11.1 Å². The summed E-state index contributed by atoms with van der Waals surface area (Å²) in [7, 11) is -23.2. The first kappa shape index (κ1) is 39.6. The van der Waals surface area contributed by atoms with Crippen molar-refractivity contribution in [1.29, 1.82) is 0 Å². The number of phosphoric acid groups is 4. The minimum absolute atomic E-state index is 0.00510. The van der Waals surface area contributed by atoms with E-state index >= 15 is 0 Å². The standard InChI is InChI=1S/C10H17N5O16P4.C6H15NO3/c11-10-13-8-7(9(17)14-10)12-3-15(8)6-1-4(16)5(28-6)2-27-33(21,22)30-35(25,26)31-34(23,24)29-32(18,19)20;7-1-3-9-5-6-10-4-2-8/h3-6,16H,1-2H2,(H,21,22)(H,23,24)(H,25,26)(H2,18,19,20)(H3,11,13,14,17);8H,1-7H2/t4-,5+,6+;/m0./s1. The van der Waals surface area contributed by atoms with Crippen molar-refractivity contribution < 1.29 is 84.6 Å². The number of nitrogens with zero attached hydrogens (tertiary/aromatic N) is 3. The van der Waals surface area contributed by atoms with Crippen LogP contribution in [0, 0.1) is 0 Å². The Kier molecular flexibility index (Phi) is 15.0. The maximum atomic E-state index is 11.9. The van der Waals surface area contributed by atoms with Crippen molar-refractivity contribution in [2.75, 3.05) is 51.9 Å². The third kappa shape index (κ3) is 14.0. The number of nitrogens with two attached hydrogens (primary N) is 2. The predicted molar refractivity (Wildman–Crippen MR) is 146 cm³/mol. The van der Waals surface area contributed by atoms with Gasteiger partial charge in [-0.15, -0.1) is 0 Å². The summed E-state index contributed by atoms with van der Waals surface area (Å²) >= 11 is 0. The average molecular weight is 736 g/mol. The Morgan fingerprint density at radius 3 is 2.18 bits per heavy atom. The van der Waals surface area contributed by atoms with Crippen molar-refractivity contribution >= 4 is 48.4 Å². The molecular weight excluding hydrogens is 704 g/mol. The molecule has 0 aromatic carbocycles. The summed E-state index contributed by atoms with van der Waals surface area (Å²) < 4.78 is 77.1. The molecule has 260 valence electrons. The number of aliphatic hydroxyl groups excluding tert-OH is 2. The van der Waals surface area contributed by atoms with Gasteiger partial charge in [-0.05, 0) is 0 Å². The lowest BCUT2D eigenvalue weighted by Crippen LogP contribution is -2.26. The number of phosphoric ester groups is 1. The number of H-pyrrole nitrogens is 1. The first-order valence-corrected chi connectivity index (χ1v) is 18.1. The molecule has 1 aliphatic rings. The van der Waals surface area contributed by atoms with Gasteiger partial charge >= 0.3 is 31.3 Å². The molecule has 29 heteroatoms. The minimum atomic E-state index is -5.97. The zero-order chi connectivity index (χ0) is 34.1. The summed E-state index contributed by atoms with van der Waals surface area (Å²) in [5.74, 6) is -0.227. The van der Waals surface area contributed by atoms with Gasteiger partial charge in [-0.25, -0.2) is 23.2 Å². The normalized spacial score (nSPS) is 22.7. The fourth-order valence-corrected chi connectivity index (χ4v) is 7.74. The van der Waals surface area contributed by atoms with Crippen LogP contribution >= 0.6 is 31.3 Å². The van der Waals surface area contributed by atoms with Crippen molar-refractivity contribution in [3.63, 3.8) is 0 Å². The lowest BCUT2D eigenvalue weighted by atomic mass is 10.2. The number of rotatable bonds is 17. The van der Waals surface area contributed by atoms with E-state index < -0.39 is 61.9 Å². The molecular formula is C16H32N6O19P4. The molecule has 3 heterocycles. The Balaban J connectivity index is 0.000000607. The van der Waals surface area contributed by atoms with Crippen LogP contribution in [0.3, 0.4) is 0 Å². The number of aliphatic hydroxyl groups is 2. The molecule has 0 radical (unpaired) electrons. The van der Waals surface area contributed by atoms with E-state index in [2.05, 4.69) is 32.4 Å². The van der Waals surface area contributed by atoms with E-state index in [1.165, 1.54) is 10.9 Å². The molecule has 1 fully saturated rings. The Morgan fingerprint density at radius 1 is 0.978 bits per heavy atom. The topological polar surface area (TPSA) is 390 Å². The lowest BCUT2D eigenvalue weighted by molar-refractivity contribution is -0.0423. The number of ether oxygens (including phenoxy) is 3. The van der Waals surface area contributed by atoms with Crippen molar-refractivity contribution in [3.8, 4) is 0 Å². The zero-order valence-corrected chi connectivity index (χ0v) is 26.4. The zero-order valence-electron chi connectivity index (χ0n) is 22.8. The molecule has 45 heavy (non-hydrogen) atoms. The maximum Gasteiger partial charge on any atom is 0.490 e. The summed E-state index contributed by atoms with van der Waals surface area (Å²) in [5, 5.41) is 18.5. The fraction of sp³-hybridized carbons (Fsp3) is 0.688. The van der Waals surface area contributed by atoms with Crippen LogP contribution in [0.4, 0.5) is 5.95 Å². The number of nitrogen functional groups attached to an aromatic ring is 1. The Hall–Kier alpha value is -1.53. The highest BCUT2D eigenvalue weighted by molar-refractivity contribution is 7.69. The van der Waals surface area contributed by atoms with Crippen LogP contribution in [-0.4, -0.2) is 113 Å². The quantitative estimate of drug-likeness (QED) is 0.0607. The first-order chi connectivity index (χ1) is 20.8. The number of nitrogens with one attached hydrogen (secondary N) is 1. The second-order valence-electron chi connectivity index (χ2n) is 8.38. The van der Waals surface area contributed by atoms with Crippen molar-refractivity contribution in [3.05, 3.63) is 16.7 Å². The van der Waals surface area contributed by atoms with Gasteiger partial charge in [0.1, 0.15) is 12.3 Å². The summed E-state index contributed by atoms with van der Waals surface area (Å²) in [4.78, 5) is 66.8. The second-order valence-corrected chi connectivity index (χ2v) is 14.4. The second kappa shape index (κ2) is 17.0. The van der Waals surface area contributed by atoms with Gasteiger partial charge in [0, 0.05) is 13.0 Å². The molecule has 3 rings (SSSR count). The highest BCUT2D eigenvalue weighted by Crippen LogP contribution is 2.70. The average Bonchev–Trinajstić information content (AvgIpc) is 3.45. The summed E-state index contributed by atoms with van der Waals surface area (Å²) in [6, 6.07) is 0. The molecule has 0 spiro atoms. The molecule has 0 saturated carbocycles. The van der Waals surface area contributed by atoms with E-state index in [4.69, 9.17) is 45.5 Å². The van der Waals surface area contributed by atoms with Crippen LogP contribution in [0.1, 0.15) is 12.6 Å². The Bertz CT molecular complexity index is 1490. The fourth-order valence-electron chi connectivity index (χ4n) is 3.28. The first-order valence-electron chi connectivity index (χ1n) is 12.1. The smallest absolute Gasteiger partial charge is 0.394 e. The summed E-state index contributed by atoms with van der Waals surface area (Å²) in [6.45, 7) is 1.70.